The van der Waals surface area contributed by atoms with Crippen molar-refractivity contribution in [1.82, 2.24) is 16.0 Å². The number of hydrogen-bond donors (Lipinski definition) is 3. The van der Waals surface area contributed by atoms with Gasteiger partial charge in [-0.1, -0.05) is 86.6 Å². The van der Waals surface area contributed by atoms with Crippen LogP contribution in [0.1, 0.15) is 71.2 Å². The lowest BCUT2D eigenvalue weighted by molar-refractivity contribution is 0.302. The molecule has 3 N–H and O–H groups in total. The van der Waals surface area contributed by atoms with Gasteiger partial charge in [0, 0.05) is 65.0 Å². The van der Waals surface area contributed by atoms with Gasteiger partial charge in [0.2, 0.25) is 0 Å². The fraction of sp³-hybridized carbons (Fsp3) is 0.429. The lowest BCUT2D eigenvalue weighted by atomic mass is 9.91. The molecular formula is C42H53N3O4. The monoisotopic (exact) mass is 663 g/mol. The van der Waals surface area contributed by atoms with Gasteiger partial charge in [-0.05, 0) is 57.3 Å². The second-order valence-corrected chi connectivity index (χ2v) is 13.0. The first kappa shape index (κ1) is 34.8. The van der Waals surface area contributed by atoms with E-state index in [9.17, 15) is 0 Å². The van der Waals surface area contributed by atoms with Crippen LogP contribution in [0.25, 0.3) is 0 Å². The quantitative estimate of drug-likeness (QED) is 0.192. The van der Waals surface area contributed by atoms with Crippen molar-refractivity contribution in [2.45, 2.75) is 52.4 Å². The van der Waals surface area contributed by atoms with Gasteiger partial charge in [0.1, 0.15) is 36.2 Å². The highest BCUT2D eigenvalue weighted by atomic mass is 16.5. The van der Waals surface area contributed by atoms with Gasteiger partial charge in [0.15, 0.2) is 0 Å². The molecule has 7 heteroatoms. The summed E-state index contributed by atoms with van der Waals surface area (Å²) in [5.74, 6) is 3.87. The fourth-order valence-corrected chi connectivity index (χ4v) is 6.82. The Kier molecular flexibility index (Phi) is 12.9. The van der Waals surface area contributed by atoms with Crippen LogP contribution in [0.15, 0.2) is 72.8 Å². The minimum atomic E-state index is 0.585. The van der Waals surface area contributed by atoms with E-state index < -0.39 is 0 Å². The van der Waals surface area contributed by atoms with Gasteiger partial charge in [-0.2, -0.15) is 0 Å². The maximum Gasteiger partial charge on any atom is 0.126 e. The van der Waals surface area contributed by atoms with Crippen LogP contribution in [0.4, 0.5) is 0 Å². The molecule has 0 fully saturated rings. The molecular weight excluding hydrogens is 610 g/mol. The third-order valence-corrected chi connectivity index (χ3v) is 9.14. The van der Waals surface area contributed by atoms with Crippen molar-refractivity contribution in [3.8, 4) is 23.0 Å². The Morgan fingerprint density at radius 3 is 1.08 bits per heavy atom. The number of ether oxygens (including phenoxy) is 4. The summed E-state index contributed by atoms with van der Waals surface area (Å²) in [6.45, 7) is 11.9. The van der Waals surface area contributed by atoms with E-state index in [2.05, 4.69) is 103 Å². The van der Waals surface area contributed by atoms with E-state index in [1.165, 1.54) is 22.3 Å². The van der Waals surface area contributed by atoms with Gasteiger partial charge in [0.25, 0.3) is 0 Å². The zero-order valence-corrected chi connectivity index (χ0v) is 29.4. The molecule has 1 aliphatic carbocycles. The van der Waals surface area contributed by atoms with Gasteiger partial charge in [-0.15, -0.1) is 0 Å². The average molecular weight is 664 g/mol. The fourth-order valence-electron chi connectivity index (χ4n) is 6.82. The summed E-state index contributed by atoms with van der Waals surface area (Å²) in [6, 6.07) is 26.4. The Labute approximate surface area is 292 Å². The van der Waals surface area contributed by atoms with Crippen LogP contribution in [0.5, 0.6) is 23.0 Å². The molecule has 4 aromatic rings. The molecule has 0 saturated carbocycles. The van der Waals surface area contributed by atoms with Gasteiger partial charge in [-0.3, -0.25) is 0 Å². The van der Waals surface area contributed by atoms with Crippen LogP contribution in [0, 0.1) is 0 Å². The molecule has 49 heavy (non-hydrogen) atoms. The Morgan fingerprint density at radius 2 is 0.755 bits per heavy atom. The lowest BCUT2D eigenvalue weighted by Gasteiger charge is -2.23. The topological polar surface area (TPSA) is 73.0 Å². The van der Waals surface area contributed by atoms with E-state index in [0.29, 0.717) is 52.1 Å². The molecule has 1 heterocycles. The Bertz CT molecular complexity index is 1450. The SMILES string of the molecule is CCCOc1c2cccc1Cc1cccc3c1OCCNCCNCCNCCOc1c(cccc1Cc1cccc(c1OCCC)C3)C2. The molecule has 0 spiro atoms. The average Bonchev–Trinajstić information content (AvgIpc) is 3.10. The van der Waals surface area contributed by atoms with E-state index in [1.54, 1.807) is 0 Å². The summed E-state index contributed by atoms with van der Waals surface area (Å²) in [7, 11) is 0. The molecule has 0 atom stereocenters. The van der Waals surface area contributed by atoms with E-state index in [4.69, 9.17) is 18.9 Å². The second kappa shape index (κ2) is 18.1. The van der Waals surface area contributed by atoms with Crippen molar-refractivity contribution in [2.24, 2.45) is 0 Å². The molecule has 1 aliphatic heterocycles. The zero-order valence-electron chi connectivity index (χ0n) is 29.4. The first-order chi connectivity index (χ1) is 24.2. The standard InChI is InChI=1S/C42H53N3O4/c1-3-23-46-39-31-9-5-10-32(39)28-36-14-8-16-38-30-34-12-6-11-33(40(34)47-24-4-2)29-37-15-7-13-35(27-31)41(37)48-25-21-44-19-17-43-18-20-45-22-26-49-42(36)38/h5-16,43-45H,3-4,17-30H2,1-2H3. The third kappa shape index (κ3) is 9.15. The molecule has 0 radical (unpaired) electrons. The maximum atomic E-state index is 6.73. The number of rotatable bonds is 6. The predicted molar refractivity (Wildman–Crippen MR) is 198 cm³/mol. The minimum absolute atomic E-state index is 0.585. The Balaban J connectivity index is 1.53. The summed E-state index contributed by atoms with van der Waals surface area (Å²) >= 11 is 0. The van der Waals surface area contributed by atoms with Crippen molar-refractivity contribution < 1.29 is 18.9 Å². The van der Waals surface area contributed by atoms with Crippen molar-refractivity contribution in [3.05, 3.63) is 117 Å². The number of benzene rings is 4. The van der Waals surface area contributed by atoms with Crippen LogP contribution in [0.3, 0.4) is 0 Å². The van der Waals surface area contributed by atoms with Crippen molar-refractivity contribution in [2.75, 3.05) is 65.7 Å². The smallest absolute Gasteiger partial charge is 0.126 e. The zero-order chi connectivity index (χ0) is 33.7. The van der Waals surface area contributed by atoms with E-state index in [1.807, 2.05) is 0 Å². The largest absolute Gasteiger partial charge is 0.493 e. The summed E-state index contributed by atoms with van der Waals surface area (Å²) in [4.78, 5) is 0. The Hall–Kier alpha value is -4.04. The van der Waals surface area contributed by atoms with Gasteiger partial charge in [-0.25, -0.2) is 0 Å². The van der Waals surface area contributed by atoms with Crippen molar-refractivity contribution in [1.29, 1.82) is 0 Å². The van der Waals surface area contributed by atoms with Crippen molar-refractivity contribution >= 4 is 0 Å². The number of fused-ring (bicyclic) bond motifs is 2. The summed E-state index contributed by atoms with van der Waals surface area (Å²) in [6.07, 6.45) is 4.72. The predicted octanol–water partition coefficient (Wildman–Crippen LogP) is 6.48. The molecule has 0 saturated heterocycles. The van der Waals surface area contributed by atoms with Crippen LogP contribution in [-0.2, 0) is 25.7 Å². The summed E-state index contributed by atoms with van der Waals surface area (Å²) < 4.78 is 26.6. The van der Waals surface area contributed by atoms with Crippen molar-refractivity contribution in [3.63, 3.8) is 0 Å². The molecule has 7 nitrogen and oxygen atoms in total. The van der Waals surface area contributed by atoms with Crippen LogP contribution >= 0.6 is 0 Å². The van der Waals surface area contributed by atoms with Gasteiger partial charge >= 0.3 is 0 Å². The molecule has 0 amide bonds. The Morgan fingerprint density at radius 1 is 0.449 bits per heavy atom. The number of para-hydroxylation sites is 4. The summed E-state index contributed by atoms with van der Waals surface area (Å²) in [5, 5.41) is 10.6. The van der Waals surface area contributed by atoms with E-state index in [0.717, 1.165) is 97.4 Å². The van der Waals surface area contributed by atoms with Crippen LogP contribution < -0.4 is 34.9 Å². The molecule has 2 aliphatic rings. The normalized spacial score (nSPS) is 15.8. The molecule has 4 aromatic carbocycles. The van der Waals surface area contributed by atoms with Gasteiger partial charge < -0.3 is 34.9 Å². The van der Waals surface area contributed by atoms with Crippen LogP contribution in [0.2, 0.25) is 0 Å². The lowest BCUT2D eigenvalue weighted by Crippen LogP contribution is -2.35. The number of hydrogen-bond acceptors (Lipinski definition) is 7. The first-order valence-electron chi connectivity index (χ1n) is 18.3. The third-order valence-electron chi connectivity index (χ3n) is 9.14. The molecule has 0 aromatic heterocycles. The van der Waals surface area contributed by atoms with E-state index in [-0.39, 0.29) is 0 Å². The van der Waals surface area contributed by atoms with Crippen LogP contribution in [-0.4, -0.2) is 65.7 Å². The number of nitrogens with one attached hydrogen (secondary N) is 3. The highest BCUT2D eigenvalue weighted by Gasteiger charge is 2.21. The first-order valence-corrected chi connectivity index (χ1v) is 18.3. The maximum absolute atomic E-state index is 6.73. The molecule has 260 valence electrons. The molecule has 10 bridgehead atoms. The molecule has 6 rings (SSSR count). The second-order valence-electron chi connectivity index (χ2n) is 13.0. The summed E-state index contributed by atoms with van der Waals surface area (Å²) in [5.41, 5.74) is 9.34. The highest BCUT2D eigenvalue weighted by molar-refractivity contribution is 5.56. The minimum Gasteiger partial charge on any atom is -0.493 e. The van der Waals surface area contributed by atoms with Gasteiger partial charge in [0.05, 0.1) is 13.2 Å². The van der Waals surface area contributed by atoms with E-state index >= 15 is 0 Å². The molecule has 0 unspecified atom stereocenters. The highest BCUT2D eigenvalue weighted by Crippen LogP contribution is 2.38.